The molecule has 0 radical (unpaired) electrons. The molecule has 5 nitrogen and oxygen atoms in total. The van der Waals surface area contributed by atoms with Crippen LogP contribution in [0, 0.1) is 10.1 Å². The molecule has 15 heavy (non-hydrogen) atoms. The smallest absolute Gasteiger partial charge is 0.324 e. The van der Waals surface area contributed by atoms with Gasteiger partial charge in [-0.3, -0.25) is 10.1 Å². The summed E-state index contributed by atoms with van der Waals surface area (Å²) in [5.41, 5.74) is 0. The number of hydrogen-bond donors (Lipinski definition) is 1. The van der Waals surface area contributed by atoms with Gasteiger partial charge >= 0.3 is 5.00 Å². The van der Waals surface area contributed by atoms with Crippen molar-refractivity contribution in [2.45, 2.75) is 19.6 Å². The molecule has 0 aliphatic heterocycles. The number of rotatable bonds is 6. The minimum Gasteiger partial charge on any atom is -0.380 e. The summed E-state index contributed by atoms with van der Waals surface area (Å²) in [6, 6.07) is 3.30. The summed E-state index contributed by atoms with van der Waals surface area (Å²) in [6.45, 7) is 3.35. The standard InChI is InChI=1S/C9H14N2O3S/c1-7(14-2)5-10-6-8-3-4-9(15-8)11(12)13/h3-4,7,10H,5-6H2,1-2H3. The van der Waals surface area contributed by atoms with Crippen molar-refractivity contribution in [3.8, 4) is 0 Å². The molecular weight excluding hydrogens is 216 g/mol. The molecule has 0 saturated heterocycles. The van der Waals surface area contributed by atoms with Crippen LogP contribution in [0.1, 0.15) is 11.8 Å². The molecule has 1 N–H and O–H groups in total. The molecule has 0 spiro atoms. The van der Waals surface area contributed by atoms with Crippen molar-refractivity contribution in [3.05, 3.63) is 27.1 Å². The molecule has 0 amide bonds. The van der Waals surface area contributed by atoms with Crippen LogP contribution in [0.2, 0.25) is 0 Å². The van der Waals surface area contributed by atoms with Gasteiger partial charge in [0.05, 0.1) is 11.0 Å². The van der Waals surface area contributed by atoms with E-state index in [1.54, 1.807) is 13.2 Å². The van der Waals surface area contributed by atoms with Gasteiger partial charge < -0.3 is 10.1 Å². The molecule has 1 rings (SSSR count). The van der Waals surface area contributed by atoms with Gasteiger partial charge in [-0.2, -0.15) is 0 Å². The zero-order chi connectivity index (χ0) is 11.3. The summed E-state index contributed by atoms with van der Waals surface area (Å²) in [6.07, 6.45) is 0.153. The summed E-state index contributed by atoms with van der Waals surface area (Å²) in [4.78, 5) is 11.0. The van der Waals surface area contributed by atoms with Gasteiger partial charge in [0.15, 0.2) is 0 Å². The molecule has 1 aromatic rings. The van der Waals surface area contributed by atoms with Crippen molar-refractivity contribution in [3.63, 3.8) is 0 Å². The normalized spacial score (nSPS) is 12.7. The fourth-order valence-electron chi connectivity index (χ4n) is 1.04. The van der Waals surface area contributed by atoms with Gasteiger partial charge in [-0.15, -0.1) is 0 Å². The number of ether oxygens (including phenoxy) is 1. The summed E-state index contributed by atoms with van der Waals surface area (Å²) < 4.78 is 5.06. The van der Waals surface area contributed by atoms with E-state index in [0.29, 0.717) is 6.54 Å². The van der Waals surface area contributed by atoms with Crippen molar-refractivity contribution >= 4 is 16.3 Å². The van der Waals surface area contributed by atoms with Gasteiger partial charge in [-0.05, 0) is 13.0 Å². The van der Waals surface area contributed by atoms with Crippen LogP contribution in [0.5, 0.6) is 0 Å². The van der Waals surface area contributed by atoms with E-state index in [0.717, 1.165) is 11.4 Å². The van der Waals surface area contributed by atoms with E-state index in [1.807, 2.05) is 6.92 Å². The van der Waals surface area contributed by atoms with Crippen molar-refractivity contribution in [1.82, 2.24) is 5.32 Å². The number of nitrogens with zero attached hydrogens (tertiary/aromatic N) is 1. The molecule has 84 valence electrons. The molecule has 0 aromatic carbocycles. The minimum atomic E-state index is -0.369. The fourth-order valence-corrected chi connectivity index (χ4v) is 1.83. The summed E-state index contributed by atoms with van der Waals surface area (Å²) in [7, 11) is 1.66. The Bertz CT molecular complexity index is 327. The number of nitro groups is 1. The van der Waals surface area contributed by atoms with E-state index >= 15 is 0 Å². The quantitative estimate of drug-likeness (QED) is 0.597. The van der Waals surface area contributed by atoms with E-state index < -0.39 is 0 Å². The molecule has 0 bridgehead atoms. The van der Waals surface area contributed by atoms with Gasteiger partial charge in [0, 0.05) is 31.1 Å². The molecule has 0 aliphatic carbocycles. The second-order valence-electron chi connectivity index (χ2n) is 3.17. The molecule has 1 unspecified atom stereocenters. The first-order chi connectivity index (χ1) is 7.13. The molecule has 1 aromatic heterocycles. The Balaban J connectivity index is 2.35. The number of hydrogen-bond acceptors (Lipinski definition) is 5. The predicted octanol–water partition coefficient (Wildman–Crippen LogP) is 1.78. The van der Waals surface area contributed by atoms with Crippen molar-refractivity contribution < 1.29 is 9.66 Å². The van der Waals surface area contributed by atoms with Gasteiger partial charge in [0.2, 0.25) is 0 Å². The van der Waals surface area contributed by atoms with Gasteiger partial charge in [0.25, 0.3) is 0 Å². The lowest BCUT2D eigenvalue weighted by atomic mass is 10.4. The van der Waals surface area contributed by atoms with Crippen LogP contribution in [0.4, 0.5) is 5.00 Å². The largest absolute Gasteiger partial charge is 0.380 e. The first-order valence-electron chi connectivity index (χ1n) is 4.60. The van der Waals surface area contributed by atoms with E-state index in [2.05, 4.69) is 5.32 Å². The Morgan fingerprint density at radius 3 is 2.93 bits per heavy atom. The number of thiophene rings is 1. The number of methoxy groups -OCH3 is 1. The molecule has 1 heterocycles. The Labute approximate surface area is 92.2 Å². The lowest BCUT2D eigenvalue weighted by Crippen LogP contribution is -2.25. The lowest BCUT2D eigenvalue weighted by molar-refractivity contribution is -0.380. The molecule has 6 heteroatoms. The van der Waals surface area contributed by atoms with Crippen molar-refractivity contribution in [1.29, 1.82) is 0 Å². The third-order valence-electron chi connectivity index (χ3n) is 1.96. The molecular formula is C9H14N2O3S. The molecule has 0 saturated carbocycles. The van der Waals surface area contributed by atoms with Crippen molar-refractivity contribution in [2.24, 2.45) is 0 Å². The monoisotopic (exact) mass is 230 g/mol. The Hall–Kier alpha value is -0.980. The highest BCUT2D eigenvalue weighted by molar-refractivity contribution is 7.15. The highest BCUT2D eigenvalue weighted by Gasteiger charge is 2.09. The second-order valence-corrected chi connectivity index (χ2v) is 4.32. The fraction of sp³-hybridized carbons (Fsp3) is 0.556. The predicted molar refractivity (Wildman–Crippen MR) is 59.2 cm³/mol. The zero-order valence-electron chi connectivity index (χ0n) is 8.73. The Morgan fingerprint density at radius 2 is 2.40 bits per heavy atom. The second kappa shape index (κ2) is 5.79. The Kier molecular flexibility index (Phi) is 4.67. The van der Waals surface area contributed by atoms with Crippen LogP contribution in [-0.4, -0.2) is 24.7 Å². The first-order valence-corrected chi connectivity index (χ1v) is 5.41. The molecule has 0 fully saturated rings. The van der Waals surface area contributed by atoms with Crippen LogP contribution >= 0.6 is 11.3 Å². The van der Waals surface area contributed by atoms with Crippen LogP contribution in [-0.2, 0) is 11.3 Å². The van der Waals surface area contributed by atoms with E-state index in [9.17, 15) is 10.1 Å². The van der Waals surface area contributed by atoms with Crippen LogP contribution in [0.25, 0.3) is 0 Å². The topological polar surface area (TPSA) is 64.4 Å². The third-order valence-corrected chi connectivity index (χ3v) is 3.00. The summed E-state index contributed by atoms with van der Waals surface area (Å²) >= 11 is 1.20. The Morgan fingerprint density at radius 1 is 1.67 bits per heavy atom. The van der Waals surface area contributed by atoms with Crippen LogP contribution in [0.3, 0.4) is 0 Å². The maximum absolute atomic E-state index is 10.4. The zero-order valence-corrected chi connectivity index (χ0v) is 9.54. The summed E-state index contributed by atoms with van der Waals surface area (Å²) in [5.74, 6) is 0. The third kappa shape index (κ3) is 3.94. The highest BCUT2D eigenvalue weighted by atomic mass is 32.1. The number of nitrogens with one attached hydrogen (secondary N) is 1. The molecule has 1 atom stereocenters. The van der Waals surface area contributed by atoms with Crippen LogP contribution < -0.4 is 5.32 Å². The highest BCUT2D eigenvalue weighted by Crippen LogP contribution is 2.23. The molecule has 0 aliphatic rings. The van der Waals surface area contributed by atoms with Crippen LogP contribution in [0.15, 0.2) is 12.1 Å². The lowest BCUT2D eigenvalue weighted by Gasteiger charge is -2.09. The van der Waals surface area contributed by atoms with Gasteiger partial charge in [0.1, 0.15) is 0 Å². The maximum atomic E-state index is 10.4. The average Bonchev–Trinajstić information content (AvgIpc) is 2.66. The maximum Gasteiger partial charge on any atom is 0.324 e. The van der Waals surface area contributed by atoms with E-state index in [-0.39, 0.29) is 16.0 Å². The first kappa shape index (κ1) is 12.1. The average molecular weight is 230 g/mol. The van der Waals surface area contributed by atoms with E-state index in [1.165, 1.54) is 17.4 Å². The van der Waals surface area contributed by atoms with E-state index in [4.69, 9.17) is 4.74 Å². The van der Waals surface area contributed by atoms with Gasteiger partial charge in [-0.25, -0.2) is 0 Å². The van der Waals surface area contributed by atoms with Crippen molar-refractivity contribution in [2.75, 3.05) is 13.7 Å². The summed E-state index contributed by atoms with van der Waals surface area (Å²) in [5, 5.41) is 13.8. The minimum absolute atomic E-state index is 0.153. The van der Waals surface area contributed by atoms with Gasteiger partial charge in [-0.1, -0.05) is 11.3 Å². The SMILES string of the molecule is COC(C)CNCc1ccc([N+](=O)[O-])s1.